The third kappa shape index (κ3) is 2.31. The van der Waals surface area contributed by atoms with E-state index in [0.717, 1.165) is 15.9 Å². The molecule has 0 amide bonds. The fraction of sp³-hybridized carbons (Fsp3) is 0.273. The Labute approximate surface area is 103 Å². The van der Waals surface area contributed by atoms with Gasteiger partial charge in [0, 0.05) is 12.2 Å². The minimum Gasteiger partial charge on any atom is -0.312 e. The number of nitrogens with zero attached hydrogens (tertiary/aromatic N) is 3. The van der Waals surface area contributed by atoms with E-state index in [1.165, 1.54) is 0 Å². The van der Waals surface area contributed by atoms with E-state index in [2.05, 4.69) is 38.3 Å². The van der Waals surface area contributed by atoms with E-state index >= 15 is 0 Å². The van der Waals surface area contributed by atoms with Crippen LogP contribution in [0.2, 0.25) is 0 Å². The molecule has 0 radical (unpaired) electrons. The predicted molar refractivity (Wildman–Crippen MR) is 66.5 cm³/mol. The summed E-state index contributed by atoms with van der Waals surface area (Å²) < 4.78 is 2.74. The molecule has 16 heavy (non-hydrogen) atoms. The molecule has 2 aromatic rings. The zero-order valence-electron chi connectivity index (χ0n) is 9.18. The molecule has 2 aromatic heterocycles. The van der Waals surface area contributed by atoms with E-state index < -0.39 is 0 Å². The number of aromatic nitrogens is 3. The van der Waals surface area contributed by atoms with Crippen LogP contribution in [0, 0.1) is 0 Å². The summed E-state index contributed by atoms with van der Waals surface area (Å²) in [7, 11) is 1.92. The van der Waals surface area contributed by atoms with Crippen LogP contribution in [0.5, 0.6) is 0 Å². The van der Waals surface area contributed by atoms with Gasteiger partial charge in [-0.2, -0.15) is 5.10 Å². The molecule has 0 aliphatic rings. The lowest BCUT2D eigenvalue weighted by Gasteiger charge is -2.09. The zero-order chi connectivity index (χ0) is 11.5. The summed E-state index contributed by atoms with van der Waals surface area (Å²) >= 11 is 3.36. The summed E-state index contributed by atoms with van der Waals surface area (Å²) in [5, 5.41) is 7.35. The first-order valence-electron chi connectivity index (χ1n) is 5.04. The maximum atomic E-state index is 4.40. The molecule has 1 unspecified atom stereocenters. The summed E-state index contributed by atoms with van der Waals surface area (Å²) in [4.78, 5) is 4.40. The first-order chi connectivity index (χ1) is 7.70. The fourth-order valence-corrected chi connectivity index (χ4v) is 1.66. The van der Waals surface area contributed by atoms with Crippen LogP contribution in [0.4, 0.5) is 0 Å². The molecule has 84 valence electrons. The Morgan fingerprint density at radius 3 is 2.69 bits per heavy atom. The molecular weight excluding hydrogens is 268 g/mol. The lowest BCUT2D eigenvalue weighted by atomic mass is 10.2. The highest BCUT2D eigenvalue weighted by Crippen LogP contribution is 2.14. The van der Waals surface area contributed by atoms with Crippen LogP contribution < -0.4 is 5.32 Å². The van der Waals surface area contributed by atoms with Crippen LogP contribution >= 0.6 is 15.9 Å². The summed E-state index contributed by atoms with van der Waals surface area (Å²) in [5.74, 6) is 0. The number of rotatable bonds is 3. The van der Waals surface area contributed by atoms with Crippen LogP contribution in [-0.2, 0) is 0 Å². The van der Waals surface area contributed by atoms with Crippen molar-refractivity contribution >= 4 is 15.9 Å². The van der Waals surface area contributed by atoms with Crippen LogP contribution in [0.25, 0.3) is 5.69 Å². The van der Waals surface area contributed by atoms with Gasteiger partial charge >= 0.3 is 0 Å². The topological polar surface area (TPSA) is 42.7 Å². The smallest absolute Gasteiger partial charge is 0.0829 e. The lowest BCUT2D eigenvalue weighted by molar-refractivity contribution is 0.632. The van der Waals surface area contributed by atoms with Crippen molar-refractivity contribution in [2.45, 2.75) is 13.0 Å². The monoisotopic (exact) mass is 280 g/mol. The molecule has 1 atom stereocenters. The van der Waals surface area contributed by atoms with Crippen molar-refractivity contribution in [2.75, 3.05) is 7.05 Å². The molecule has 0 aromatic carbocycles. The summed E-state index contributed by atoms with van der Waals surface area (Å²) in [6.45, 7) is 2.08. The lowest BCUT2D eigenvalue weighted by Crippen LogP contribution is -2.13. The first-order valence-corrected chi connectivity index (χ1v) is 5.84. The van der Waals surface area contributed by atoms with Gasteiger partial charge in [-0.05, 0) is 42.0 Å². The first kappa shape index (κ1) is 11.3. The zero-order valence-corrected chi connectivity index (χ0v) is 10.8. The van der Waals surface area contributed by atoms with Crippen molar-refractivity contribution in [1.29, 1.82) is 0 Å². The highest BCUT2D eigenvalue weighted by Gasteiger charge is 2.04. The van der Waals surface area contributed by atoms with E-state index in [9.17, 15) is 0 Å². The Morgan fingerprint density at radius 2 is 2.19 bits per heavy atom. The SMILES string of the molecule is CNC(C)c1ccc(-n2cc(Br)cn2)cn1. The molecule has 0 saturated heterocycles. The molecule has 0 bridgehead atoms. The molecule has 0 saturated carbocycles. The molecule has 0 aliphatic carbocycles. The number of halogens is 1. The second-order valence-electron chi connectivity index (χ2n) is 3.55. The third-order valence-electron chi connectivity index (χ3n) is 2.46. The molecule has 0 aliphatic heterocycles. The van der Waals surface area contributed by atoms with E-state index in [1.807, 2.05) is 31.6 Å². The highest BCUT2D eigenvalue weighted by molar-refractivity contribution is 9.10. The van der Waals surface area contributed by atoms with E-state index in [0.29, 0.717) is 0 Å². The number of nitrogens with one attached hydrogen (secondary N) is 1. The van der Waals surface area contributed by atoms with Gasteiger partial charge in [-0.3, -0.25) is 4.98 Å². The minimum absolute atomic E-state index is 0.262. The maximum absolute atomic E-state index is 4.40. The summed E-state index contributed by atoms with van der Waals surface area (Å²) in [6.07, 6.45) is 5.48. The molecule has 0 fully saturated rings. The maximum Gasteiger partial charge on any atom is 0.0829 e. The van der Waals surface area contributed by atoms with Gasteiger partial charge in [0.05, 0.1) is 28.2 Å². The van der Waals surface area contributed by atoms with Gasteiger partial charge in [0.2, 0.25) is 0 Å². The summed E-state index contributed by atoms with van der Waals surface area (Å²) in [6, 6.07) is 4.28. The third-order valence-corrected chi connectivity index (χ3v) is 2.87. The van der Waals surface area contributed by atoms with Crippen LogP contribution in [-0.4, -0.2) is 21.8 Å². The Morgan fingerprint density at radius 1 is 1.38 bits per heavy atom. The van der Waals surface area contributed by atoms with Crippen molar-refractivity contribution in [3.63, 3.8) is 0 Å². The molecule has 0 spiro atoms. The van der Waals surface area contributed by atoms with Crippen molar-refractivity contribution in [2.24, 2.45) is 0 Å². The number of hydrogen-bond donors (Lipinski definition) is 1. The van der Waals surface area contributed by atoms with Gasteiger partial charge in [0.25, 0.3) is 0 Å². The minimum atomic E-state index is 0.262. The predicted octanol–water partition coefficient (Wildman–Crippen LogP) is 2.31. The molecule has 2 heterocycles. The average Bonchev–Trinajstić information content (AvgIpc) is 2.75. The van der Waals surface area contributed by atoms with E-state index in [4.69, 9.17) is 0 Å². The Hall–Kier alpha value is -1.20. The van der Waals surface area contributed by atoms with E-state index in [-0.39, 0.29) is 6.04 Å². The van der Waals surface area contributed by atoms with Crippen molar-refractivity contribution in [3.8, 4) is 5.69 Å². The van der Waals surface area contributed by atoms with Crippen LogP contribution in [0.3, 0.4) is 0 Å². The van der Waals surface area contributed by atoms with Crippen molar-refractivity contribution in [1.82, 2.24) is 20.1 Å². The molecule has 4 nitrogen and oxygen atoms in total. The Bertz CT molecular complexity index is 463. The normalized spacial score (nSPS) is 12.7. The van der Waals surface area contributed by atoms with Gasteiger partial charge in [-0.15, -0.1) is 0 Å². The van der Waals surface area contributed by atoms with Gasteiger partial charge in [0.1, 0.15) is 0 Å². The second-order valence-corrected chi connectivity index (χ2v) is 4.47. The fourth-order valence-electron chi connectivity index (χ4n) is 1.38. The average molecular weight is 281 g/mol. The molecular formula is C11H13BrN4. The molecule has 2 rings (SSSR count). The largest absolute Gasteiger partial charge is 0.312 e. The van der Waals surface area contributed by atoms with Crippen molar-refractivity contribution in [3.05, 3.63) is 40.9 Å². The standard InChI is InChI=1S/C11H13BrN4/c1-8(13-2)11-4-3-10(6-14-11)16-7-9(12)5-15-16/h3-8,13H,1-2H3. The number of pyridine rings is 1. The Balaban J connectivity index is 2.25. The van der Waals surface area contributed by atoms with Gasteiger partial charge in [0.15, 0.2) is 0 Å². The number of hydrogen-bond acceptors (Lipinski definition) is 3. The van der Waals surface area contributed by atoms with Gasteiger partial charge < -0.3 is 5.32 Å². The van der Waals surface area contributed by atoms with Gasteiger partial charge in [-0.1, -0.05) is 0 Å². The Kier molecular flexibility index (Phi) is 3.36. The molecule has 5 heteroatoms. The molecule has 1 N–H and O–H groups in total. The summed E-state index contributed by atoms with van der Waals surface area (Å²) in [5.41, 5.74) is 1.98. The van der Waals surface area contributed by atoms with Crippen LogP contribution in [0.1, 0.15) is 18.7 Å². The van der Waals surface area contributed by atoms with E-state index in [1.54, 1.807) is 10.9 Å². The van der Waals surface area contributed by atoms with Gasteiger partial charge in [-0.25, -0.2) is 4.68 Å². The van der Waals surface area contributed by atoms with Crippen LogP contribution in [0.15, 0.2) is 35.2 Å². The van der Waals surface area contributed by atoms with Crippen molar-refractivity contribution < 1.29 is 0 Å². The second kappa shape index (κ2) is 4.76. The quantitative estimate of drug-likeness (QED) is 0.938. The highest BCUT2D eigenvalue weighted by atomic mass is 79.9.